The third-order valence-corrected chi connectivity index (χ3v) is 2.82. The highest BCUT2D eigenvalue weighted by atomic mass is 16.8. The first-order valence-corrected chi connectivity index (χ1v) is 6.09. The summed E-state index contributed by atoms with van der Waals surface area (Å²) in [6.07, 6.45) is 2.56. The molecule has 0 radical (unpaired) electrons. The van der Waals surface area contributed by atoms with Gasteiger partial charge in [0.05, 0.1) is 0 Å². The maximum atomic E-state index is 11.8. The Balaban J connectivity index is 1.82. The van der Waals surface area contributed by atoms with Crippen LogP contribution in [-0.4, -0.2) is 18.8 Å². The molecule has 1 unspecified atom stereocenters. The van der Waals surface area contributed by atoms with Crippen molar-refractivity contribution in [2.45, 2.75) is 25.6 Å². The Morgan fingerprint density at radius 1 is 1.33 bits per heavy atom. The Morgan fingerprint density at radius 3 is 2.78 bits per heavy atom. The lowest BCUT2D eigenvalue weighted by atomic mass is 10.1. The van der Waals surface area contributed by atoms with Gasteiger partial charge in [-0.1, -0.05) is 36.9 Å². The zero-order chi connectivity index (χ0) is 12.8. The van der Waals surface area contributed by atoms with Crippen LogP contribution < -0.4 is 5.48 Å². The van der Waals surface area contributed by atoms with E-state index in [4.69, 9.17) is 9.57 Å². The normalized spacial score (nSPS) is 19.2. The maximum absolute atomic E-state index is 11.8. The number of nitrogens with one attached hydrogen (secondary N) is 1. The minimum Gasteiger partial charge on any atom is -0.350 e. The average Bonchev–Trinajstić information content (AvgIpc) is 2.46. The van der Waals surface area contributed by atoms with Gasteiger partial charge < -0.3 is 4.74 Å². The van der Waals surface area contributed by atoms with Gasteiger partial charge in [0.1, 0.15) is 0 Å². The zero-order valence-electron chi connectivity index (χ0n) is 10.2. The number of rotatable bonds is 4. The van der Waals surface area contributed by atoms with Crippen LogP contribution in [0.2, 0.25) is 0 Å². The summed E-state index contributed by atoms with van der Waals surface area (Å²) < 4.78 is 5.35. The SMILES string of the molecule is C=C(C(=O)NOC1CCCCO1)c1ccccc1. The Hall–Kier alpha value is -1.65. The second-order valence-corrected chi connectivity index (χ2v) is 4.19. The molecule has 4 nitrogen and oxygen atoms in total. The van der Waals surface area contributed by atoms with E-state index in [0.29, 0.717) is 12.2 Å². The van der Waals surface area contributed by atoms with Crippen LogP contribution in [0.1, 0.15) is 24.8 Å². The number of benzene rings is 1. The molecule has 2 rings (SSSR count). The van der Waals surface area contributed by atoms with Crippen LogP contribution in [0.15, 0.2) is 36.9 Å². The van der Waals surface area contributed by atoms with E-state index in [-0.39, 0.29) is 12.2 Å². The molecule has 0 spiro atoms. The van der Waals surface area contributed by atoms with E-state index in [9.17, 15) is 4.79 Å². The van der Waals surface area contributed by atoms with Crippen molar-refractivity contribution in [3.63, 3.8) is 0 Å². The molecule has 1 aliphatic heterocycles. The van der Waals surface area contributed by atoms with E-state index in [0.717, 1.165) is 24.8 Å². The summed E-state index contributed by atoms with van der Waals surface area (Å²) in [7, 11) is 0. The van der Waals surface area contributed by atoms with Gasteiger partial charge in [0.25, 0.3) is 5.91 Å². The molecule has 1 N–H and O–H groups in total. The summed E-state index contributed by atoms with van der Waals surface area (Å²) in [6.45, 7) is 4.44. The largest absolute Gasteiger partial charge is 0.350 e. The molecular weight excluding hydrogens is 230 g/mol. The number of carbonyl (C=O) groups excluding carboxylic acids is 1. The highest BCUT2D eigenvalue weighted by Gasteiger charge is 2.16. The van der Waals surface area contributed by atoms with Crippen LogP contribution in [-0.2, 0) is 14.4 Å². The van der Waals surface area contributed by atoms with Crippen molar-refractivity contribution in [1.29, 1.82) is 0 Å². The number of hydrogen-bond donors (Lipinski definition) is 1. The molecular formula is C14H17NO3. The Kier molecular flexibility index (Phi) is 4.50. The second-order valence-electron chi connectivity index (χ2n) is 4.19. The molecule has 0 saturated carbocycles. The van der Waals surface area contributed by atoms with E-state index in [1.165, 1.54) is 0 Å². The van der Waals surface area contributed by atoms with E-state index in [1.807, 2.05) is 30.3 Å². The van der Waals surface area contributed by atoms with Gasteiger partial charge in [-0.25, -0.2) is 10.3 Å². The fourth-order valence-corrected chi connectivity index (χ4v) is 1.76. The number of amides is 1. The first kappa shape index (κ1) is 12.8. The predicted octanol–water partition coefficient (Wildman–Crippen LogP) is 2.27. The molecule has 1 heterocycles. The third-order valence-electron chi connectivity index (χ3n) is 2.82. The molecule has 1 amide bonds. The second kappa shape index (κ2) is 6.33. The maximum Gasteiger partial charge on any atom is 0.274 e. The summed E-state index contributed by atoms with van der Waals surface area (Å²) in [5.41, 5.74) is 3.55. The lowest BCUT2D eigenvalue weighted by Crippen LogP contribution is -2.33. The highest BCUT2D eigenvalue weighted by molar-refractivity contribution is 6.18. The van der Waals surface area contributed by atoms with Crippen molar-refractivity contribution in [1.82, 2.24) is 5.48 Å². The quantitative estimate of drug-likeness (QED) is 0.656. The summed E-state index contributed by atoms with van der Waals surface area (Å²) >= 11 is 0. The first-order chi connectivity index (χ1) is 8.77. The van der Waals surface area contributed by atoms with Crippen LogP contribution in [0.4, 0.5) is 0 Å². The van der Waals surface area contributed by atoms with Crippen LogP contribution in [0.5, 0.6) is 0 Å². The van der Waals surface area contributed by atoms with Gasteiger partial charge in [0, 0.05) is 18.6 Å². The molecule has 1 fully saturated rings. The topological polar surface area (TPSA) is 47.6 Å². The van der Waals surface area contributed by atoms with Gasteiger partial charge in [-0.2, -0.15) is 0 Å². The minimum absolute atomic E-state index is 0.338. The fourth-order valence-electron chi connectivity index (χ4n) is 1.76. The molecule has 1 saturated heterocycles. The summed E-state index contributed by atoms with van der Waals surface area (Å²) in [5, 5.41) is 0. The number of carbonyl (C=O) groups is 1. The van der Waals surface area contributed by atoms with E-state index in [2.05, 4.69) is 12.1 Å². The molecule has 18 heavy (non-hydrogen) atoms. The van der Waals surface area contributed by atoms with Crippen molar-refractivity contribution in [3.05, 3.63) is 42.5 Å². The summed E-state index contributed by atoms with van der Waals surface area (Å²) in [4.78, 5) is 17.0. The molecule has 1 atom stereocenters. The monoisotopic (exact) mass is 247 g/mol. The molecule has 1 aromatic rings. The molecule has 0 bridgehead atoms. The van der Waals surface area contributed by atoms with Gasteiger partial charge >= 0.3 is 0 Å². The van der Waals surface area contributed by atoms with Crippen molar-refractivity contribution < 1.29 is 14.4 Å². The van der Waals surface area contributed by atoms with Gasteiger partial charge in [0.2, 0.25) is 0 Å². The molecule has 1 aromatic carbocycles. The predicted molar refractivity (Wildman–Crippen MR) is 68.3 cm³/mol. The van der Waals surface area contributed by atoms with Gasteiger partial charge in [-0.3, -0.25) is 4.79 Å². The lowest BCUT2D eigenvalue weighted by Gasteiger charge is -2.22. The third kappa shape index (κ3) is 3.42. The van der Waals surface area contributed by atoms with Crippen LogP contribution in [0.3, 0.4) is 0 Å². The van der Waals surface area contributed by atoms with Crippen molar-refractivity contribution in [2.24, 2.45) is 0 Å². The molecule has 1 aliphatic rings. The lowest BCUT2D eigenvalue weighted by molar-refractivity contribution is -0.197. The first-order valence-electron chi connectivity index (χ1n) is 6.09. The molecule has 0 aliphatic carbocycles. The molecule has 0 aromatic heterocycles. The molecule has 96 valence electrons. The Morgan fingerprint density at radius 2 is 2.11 bits per heavy atom. The van der Waals surface area contributed by atoms with Gasteiger partial charge in [0.15, 0.2) is 6.29 Å². The van der Waals surface area contributed by atoms with Gasteiger partial charge in [-0.05, 0) is 18.4 Å². The van der Waals surface area contributed by atoms with E-state index >= 15 is 0 Å². The Bertz CT molecular complexity index is 410. The van der Waals surface area contributed by atoms with Crippen molar-refractivity contribution in [2.75, 3.05) is 6.61 Å². The van der Waals surface area contributed by atoms with Crippen LogP contribution >= 0.6 is 0 Å². The van der Waals surface area contributed by atoms with Crippen molar-refractivity contribution >= 4 is 11.5 Å². The van der Waals surface area contributed by atoms with Crippen LogP contribution in [0, 0.1) is 0 Å². The number of hydroxylamine groups is 1. The molecule has 4 heteroatoms. The fraction of sp³-hybridized carbons (Fsp3) is 0.357. The van der Waals surface area contributed by atoms with E-state index in [1.54, 1.807) is 0 Å². The highest BCUT2D eigenvalue weighted by Crippen LogP contribution is 2.14. The number of hydrogen-bond acceptors (Lipinski definition) is 3. The van der Waals surface area contributed by atoms with Crippen LogP contribution in [0.25, 0.3) is 5.57 Å². The number of ether oxygens (including phenoxy) is 1. The average molecular weight is 247 g/mol. The minimum atomic E-state index is -0.341. The van der Waals surface area contributed by atoms with Crippen molar-refractivity contribution in [3.8, 4) is 0 Å². The summed E-state index contributed by atoms with van der Waals surface area (Å²) in [6, 6.07) is 9.27. The smallest absolute Gasteiger partial charge is 0.274 e. The standard InChI is InChI=1S/C14H17NO3/c1-11(12-7-3-2-4-8-12)14(16)15-18-13-9-5-6-10-17-13/h2-4,7-8,13H,1,5-6,9-10H2,(H,15,16). The zero-order valence-corrected chi connectivity index (χ0v) is 10.2. The Labute approximate surface area is 107 Å². The van der Waals surface area contributed by atoms with Gasteiger partial charge in [-0.15, -0.1) is 0 Å². The van der Waals surface area contributed by atoms with E-state index < -0.39 is 0 Å². The summed E-state index contributed by atoms with van der Waals surface area (Å²) in [5.74, 6) is -0.338.